The molecular weight excluding hydrogens is 431 g/mol. The Kier molecular flexibility index (Phi) is 5.67. The summed E-state index contributed by atoms with van der Waals surface area (Å²) in [5.74, 6) is 0.402. The molecule has 1 aliphatic heterocycles. The van der Waals surface area contributed by atoms with Crippen LogP contribution < -0.4 is 5.32 Å². The first-order valence-corrected chi connectivity index (χ1v) is 11.0. The fraction of sp³-hybridized carbons (Fsp3) is 0.148. The molecule has 5 rings (SSSR count). The summed E-state index contributed by atoms with van der Waals surface area (Å²) in [6.45, 7) is 3.90. The minimum absolute atomic E-state index is 0.0776. The smallest absolute Gasteiger partial charge is 0.322 e. The molecule has 1 unspecified atom stereocenters. The second kappa shape index (κ2) is 8.94. The lowest BCUT2D eigenvalue weighted by Crippen LogP contribution is -2.45. The average Bonchev–Trinajstić information content (AvgIpc) is 3.33. The molecule has 4 aromatic rings. The van der Waals surface area contributed by atoms with E-state index in [0.29, 0.717) is 28.5 Å². The van der Waals surface area contributed by atoms with Crippen molar-refractivity contribution in [3.05, 3.63) is 113 Å². The molecule has 0 aliphatic carbocycles. The topological polar surface area (TPSA) is 71.3 Å². The lowest BCUT2D eigenvalue weighted by Gasteiger charge is -2.35. The van der Waals surface area contributed by atoms with E-state index in [1.165, 1.54) is 11.0 Å². The highest BCUT2D eigenvalue weighted by molar-refractivity contribution is 5.86. The molecule has 2 amide bonds. The van der Waals surface area contributed by atoms with Crippen LogP contribution in [0.25, 0.3) is 17.0 Å². The lowest BCUT2D eigenvalue weighted by atomic mass is 9.94. The molecule has 1 aliphatic rings. The molecular formula is C27H23FN4O2. The minimum Gasteiger partial charge on any atom is -0.334 e. The zero-order valence-corrected chi connectivity index (χ0v) is 18.8. The van der Waals surface area contributed by atoms with Gasteiger partial charge < -0.3 is 9.84 Å². The van der Waals surface area contributed by atoms with Gasteiger partial charge in [-0.3, -0.25) is 4.90 Å². The number of carbonyl (C=O) groups is 1. The van der Waals surface area contributed by atoms with E-state index in [0.717, 1.165) is 16.7 Å². The molecule has 0 saturated heterocycles. The Hall–Kier alpha value is -4.26. The zero-order chi connectivity index (χ0) is 23.7. The number of nitrogens with one attached hydrogen (secondary N) is 1. The molecule has 34 heavy (non-hydrogen) atoms. The van der Waals surface area contributed by atoms with Gasteiger partial charge in [0.15, 0.2) is 0 Å². The molecule has 0 radical (unpaired) electrons. The summed E-state index contributed by atoms with van der Waals surface area (Å²) in [4.78, 5) is 19.3. The summed E-state index contributed by atoms with van der Waals surface area (Å²) in [6.07, 6.45) is 0. The van der Waals surface area contributed by atoms with Gasteiger partial charge in [0.05, 0.1) is 18.2 Å². The molecule has 0 saturated carbocycles. The Morgan fingerprint density at radius 1 is 1.00 bits per heavy atom. The Labute approximate surface area is 196 Å². The van der Waals surface area contributed by atoms with Crippen LogP contribution in [-0.2, 0) is 6.54 Å². The van der Waals surface area contributed by atoms with E-state index in [2.05, 4.69) is 15.5 Å². The Morgan fingerprint density at radius 3 is 2.53 bits per heavy atom. The Bertz CT molecular complexity index is 1380. The number of hydrogen-bond acceptors (Lipinski definition) is 4. The molecule has 1 N–H and O–H groups in total. The normalized spacial score (nSPS) is 16.0. The minimum atomic E-state index is -0.489. The molecule has 2 heterocycles. The van der Waals surface area contributed by atoms with Crippen LogP contribution >= 0.6 is 0 Å². The number of urea groups is 1. The second-order valence-corrected chi connectivity index (χ2v) is 8.26. The van der Waals surface area contributed by atoms with Gasteiger partial charge in [0, 0.05) is 16.8 Å². The fourth-order valence-corrected chi connectivity index (χ4v) is 4.18. The van der Waals surface area contributed by atoms with E-state index >= 15 is 0 Å². The van der Waals surface area contributed by atoms with E-state index in [4.69, 9.17) is 4.52 Å². The third kappa shape index (κ3) is 4.08. The zero-order valence-electron chi connectivity index (χ0n) is 18.8. The number of aryl methyl sites for hydroxylation is 1. The molecule has 1 aromatic heterocycles. The highest BCUT2D eigenvalue weighted by Gasteiger charge is 2.36. The van der Waals surface area contributed by atoms with Crippen molar-refractivity contribution >= 4 is 11.6 Å². The summed E-state index contributed by atoms with van der Waals surface area (Å²) in [7, 11) is 0. The van der Waals surface area contributed by atoms with Gasteiger partial charge in [-0.25, -0.2) is 9.18 Å². The van der Waals surface area contributed by atoms with Crippen LogP contribution in [0.4, 0.5) is 9.18 Å². The van der Waals surface area contributed by atoms with Crippen molar-refractivity contribution in [1.82, 2.24) is 20.4 Å². The van der Waals surface area contributed by atoms with Crippen molar-refractivity contribution in [3.63, 3.8) is 0 Å². The SMILES string of the molecule is CC1=C(c2nc(-c3cccc(C)c3)no2)C(c2ccccc2)NC(=O)N1Cc1ccccc1F. The quantitative estimate of drug-likeness (QED) is 0.409. The molecule has 0 bridgehead atoms. The van der Waals surface area contributed by atoms with Crippen molar-refractivity contribution in [2.45, 2.75) is 26.4 Å². The van der Waals surface area contributed by atoms with E-state index in [-0.39, 0.29) is 18.4 Å². The van der Waals surface area contributed by atoms with Crippen LogP contribution in [0.5, 0.6) is 0 Å². The van der Waals surface area contributed by atoms with Gasteiger partial charge in [0.25, 0.3) is 5.89 Å². The molecule has 7 heteroatoms. The van der Waals surface area contributed by atoms with Crippen molar-refractivity contribution in [1.29, 1.82) is 0 Å². The highest BCUT2D eigenvalue weighted by Crippen LogP contribution is 2.38. The van der Waals surface area contributed by atoms with Gasteiger partial charge in [-0.2, -0.15) is 4.98 Å². The number of amides is 2. The highest BCUT2D eigenvalue weighted by atomic mass is 19.1. The Balaban J connectivity index is 1.61. The summed E-state index contributed by atoms with van der Waals surface area (Å²) in [5.41, 5.74) is 4.52. The number of halogens is 1. The predicted molar refractivity (Wildman–Crippen MR) is 127 cm³/mol. The number of aromatic nitrogens is 2. The summed E-state index contributed by atoms with van der Waals surface area (Å²) >= 11 is 0. The van der Waals surface area contributed by atoms with Crippen molar-refractivity contribution in [2.24, 2.45) is 0 Å². The number of nitrogens with zero attached hydrogens (tertiary/aromatic N) is 3. The van der Waals surface area contributed by atoms with E-state index in [9.17, 15) is 9.18 Å². The largest absolute Gasteiger partial charge is 0.334 e. The molecule has 170 valence electrons. The van der Waals surface area contributed by atoms with Crippen molar-refractivity contribution < 1.29 is 13.7 Å². The summed E-state index contributed by atoms with van der Waals surface area (Å²) in [5, 5.41) is 7.23. The number of carbonyl (C=O) groups excluding carboxylic acids is 1. The first-order valence-electron chi connectivity index (χ1n) is 11.0. The van der Waals surface area contributed by atoms with Crippen LogP contribution in [0, 0.1) is 12.7 Å². The number of benzene rings is 3. The first-order chi connectivity index (χ1) is 16.5. The van der Waals surface area contributed by atoms with E-state index in [1.54, 1.807) is 18.2 Å². The van der Waals surface area contributed by atoms with Crippen LogP contribution in [0.3, 0.4) is 0 Å². The predicted octanol–water partition coefficient (Wildman–Crippen LogP) is 5.88. The van der Waals surface area contributed by atoms with Gasteiger partial charge in [-0.05, 0) is 31.5 Å². The monoisotopic (exact) mass is 454 g/mol. The Morgan fingerprint density at radius 2 is 1.76 bits per heavy atom. The van der Waals surface area contributed by atoms with Crippen molar-refractivity contribution in [2.75, 3.05) is 0 Å². The lowest BCUT2D eigenvalue weighted by molar-refractivity contribution is 0.202. The number of rotatable bonds is 5. The van der Waals surface area contributed by atoms with Crippen LogP contribution in [0.15, 0.2) is 89.1 Å². The fourth-order valence-electron chi connectivity index (χ4n) is 4.18. The first kappa shape index (κ1) is 21.6. The maximum Gasteiger partial charge on any atom is 0.322 e. The van der Waals surface area contributed by atoms with E-state index < -0.39 is 6.04 Å². The van der Waals surface area contributed by atoms with Gasteiger partial charge in [-0.15, -0.1) is 0 Å². The third-order valence-corrected chi connectivity index (χ3v) is 5.95. The summed E-state index contributed by atoms with van der Waals surface area (Å²) < 4.78 is 20.1. The maximum absolute atomic E-state index is 14.4. The third-order valence-electron chi connectivity index (χ3n) is 5.95. The van der Waals surface area contributed by atoms with Gasteiger partial charge in [0.2, 0.25) is 5.82 Å². The van der Waals surface area contributed by atoms with Crippen LogP contribution in [-0.4, -0.2) is 21.1 Å². The second-order valence-electron chi connectivity index (χ2n) is 8.26. The standard InChI is InChI=1S/C27H23FN4O2/c1-17-9-8-13-20(15-17)25-30-26(34-31-25)23-18(2)32(16-21-12-6-7-14-22(21)28)27(33)29-24(23)19-10-4-3-5-11-19/h3-15,24H,16H2,1-2H3,(H,29,33). The van der Waals surface area contributed by atoms with Gasteiger partial charge in [-0.1, -0.05) is 77.5 Å². The molecule has 0 spiro atoms. The van der Waals surface area contributed by atoms with Gasteiger partial charge >= 0.3 is 6.03 Å². The van der Waals surface area contributed by atoms with Crippen LogP contribution in [0.2, 0.25) is 0 Å². The van der Waals surface area contributed by atoms with E-state index in [1.807, 2.05) is 68.4 Å². The molecule has 1 atom stereocenters. The van der Waals surface area contributed by atoms with Crippen molar-refractivity contribution in [3.8, 4) is 11.4 Å². The molecule has 0 fully saturated rings. The summed E-state index contributed by atoms with van der Waals surface area (Å²) in [6, 6.07) is 23.1. The number of hydrogen-bond donors (Lipinski definition) is 1. The average molecular weight is 455 g/mol. The maximum atomic E-state index is 14.4. The molecule has 3 aromatic carbocycles. The van der Waals surface area contributed by atoms with Crippen LogP contribution in [0.1, 0.15) is 35.5 Å². The van der Waals surface area contributed by atoms with Gasteiger partial charge in [0.1, 0.15) is 5.82 Å². The molecule has 6 nitrogen and oxygen atoms in total. The number of allylic oxidation sites excluding steroid dienone is 1.